The quantitative estimate of drug-likeness (QED) is 0.0488. The summed E-state index contributed by atoms with van der Waals surface area (Å²) in [6.45, 7) is 30.9. The first-order chi connectivity index (χ1) is 47.8. The van der Waals surface area contributed by atoms with Crippen molar-refractivity contribution >= 4 is 48.9 Å². The van der Waals surface area contributed by atoms with Crippen LogP contribution in [0.25, 0.3) is 0 Å². The number of aliphatic hydroxyl groups is 2. The zero-order chi connectivity index (χ0) is 75.8. The zero-order valence-corrected chi connectivity index (χ0v) is 61.7. The molecule has 28 nitrogen and oxygen atoms in total. The Labute approximate surface area is 614 Å². The molecule has 9 rings (SSSR count). The minimum absolute atomic E-state index is 0. The summed E-state index contributed by atoms with van der Waals surface area (Å²) in [4.78, 5) is 99.4. The van der Waals surface area contributed by atoms with Crippen LogP contribution in [0.1, 0.15) is 147 Å². The summed E-state index contributed by atoms with van der Waals surface area (Å²) in [5, 5.41) is 24.9. The van der Waals surface area contributed by atoms with Gasteiger partial charge in [-0.05, 0) is 130 Å². The molecule has 0 aliphatic carbocycles. The van der Waals surface area contributed by atoms with E-state index in [9.17, 15) is 48.6 Å². The second kappa shape index (κ2) is 44.6. The Balaban J connectivity index is 0.000000436. The third-order valence-corrected chi connectivity index (χ3v) is 14.9. The van der Waals surface area contributed by atoms with Crippen LogP contribution < -0.4 is 22.1 Å². The van der Waals surface area contributed by atoms with Gasteiger partial charge in [-0.2, -0.15) is 0 Å². The number of aliphatic hydroxyl groups excluding tert-OH is 2. The highest BCUT2D eigenvalue weighted by atomic mass is 16.8. The molecule has 0 spiro atoms. The number of benzene rings is 4. The number of hydrogen-bond acceptors (Lipinski definition) is 22. The monoisotopic (exact) mass is 1460 g/mol. The number of nitrogens with two attached hydrogens (primary N) is 2. The van der Waals surface area contributed by atoms with E-state index in [1.165, 1.54) is 22.6 Å². The maximum atomic E-state index is 12.2. The molecule has 104 heavy (non-hydrogen) atoms. The fourth-order valence-corrected chi connectivity index (χ4v) is 9.76. The number of amides is 6. The fraction of sp³-hybridized carbons (Fsp3) is 0.579. The average molecular weight is 1460 g/mol. The molecule has 5 aliphatic rings. The van der Waals surface area contributed by atoms with E-state index >= 15 is 0 Å². The van der Waals surface area contributed by atoms with Gasteiger partial charge in [-0.3, -0.25) is 0 Å². The summed E-state index contributed by atoms with van der Waals surface area (Å²) in [5.41, 5.74) is 12.7. The van der Waals surface area contributed by atoms with E-state index in [2.05, 4.69) is 22.3 Å². The molecule has 4 aromatic rings. The molecule has 5 saturated heterocycles. The Morgan fingerprint density at radius 3 is 0.990 bits per heavy atom. The standard InChI is InChI=1S/C18H26N2O4.C17H24N2O5.C13H18N2O2.C12H16N2O3.C10H18O5.C4H8O.2CH4/c1-13-10-20(11-15(13)19-16(21)24-18(2,3)4)17(22)23-12-14-8-6-5-7-9-14;1-17(2,3)24-15(21)18-13-9-19(10-14(13)20)16(22)23-11-12-7-5-4-6-8-12;1-10-7-15(8-12(10)14)13(16)17-9-11-5-3-2-4-6-11;13-10-6-14(7-11(10)15)12(16)17-8-9-4-2-1-3-5-9;1-9(2,3)14-7(11)13-8(12)15-10(4,5)6;1-2-4-5-3-1;;/h5-9,13,15H,10-12H2,1-4H3,(H,19,21);4-8,13-14,20H,9-11H2,1-3H3,(H,18,21);2-6,10,12H,7-9,14H2,1H3;1-5,10-11,15H,6-8,13H2;1-6H3;1-4H2;2*1H4/t13-,15-;13-,14-;10-,12-;10-,11-;;;;/m0000..../s1. The van der Waals surface area contributed by atoms with Crippen molar-refractivity contribution in [2.75, 3.05) is 65.6 Å². The third-order valence-electron chi connectivity index (χ3n) is 14.9. The van der Waals surface area contributed by atoms with Crippen LogP contribution in [0, 0.1) is 11.8 Å². The Bertz CT molecular complexity index is 2950. The molecule has 0 aromatic heterocycles. The lowest BCUT2D eigenvalue weighted by molar-refractivity contribution is -0.0295. The largest absolute Gasteiger partial charge is 0.519 e. The highest BCUT2D eigenvalue weighted by Gasteiger charge is 2.38. The second-order valence-electron chi connectivity index (χ2n) is 29.1. The van der Waals surface area contributed by atoms with Crippen molar-refractivity contribution in [3.8, 4) is 0 Å². The number of ether oxygens (including phenoxy) is 10. The van der Waals surface area contributed by atoms with E-state index < -0.39 is 77.3 Å². The van der Waals surface area contributed by atoms with Crippen LogP contribution in [-0.4, -0.2) is 203 Å². The first kappa shape index (κ1) is 91.1. The Morgan fingerprint density at radius 1 is 0.404 bits per heavy atom. The van der Waals surface area contributed by atoms with Crippen LogP contribution in [-0.2, 0) is 73.8 Å². The molecule has 5 aliphatic heterocycles. The van der Waals surface area contributed by atoms with Gasteiger partial charge in [0.25, 0.3) is 0 Å². The van der Waals surface area contributed by atoms with Crippen LogP contribution in [0.5, 0.6) is 0 Å². The highest BCUT2D eigenvalue weighted by Crippen LogP contribution is 2.21. The number of nitrogens with zero attached hydrogens (tertiary/aromatic N) is 4. The van der Waals surface area contributed by atoms with Gasteiger partial charge in [-0.1, -0.05) is 150 Å². The Kier molecular flexibility index (Phi) is 39.1. The lowest BCUT2D eigenvalue weighted by Crippen LogP contribution is -2.45. The molecule has 5 fully saturated rings. The Morgan fingerprint density at radius 2 is 0.692 bits per heavy atom. The van der Waals surface area contributed by atoms with Gasteiger partial charge in [0.15, 0.2) is 0 Å². The number of nitrogens with one attached hydrogen (secondary N) is 2. The number of alkyl carbamates (subject to hydrolysis) is 2. The summed E-state index contributed by atoms with van der Waals surface area (Å²) >= 11 is 0. The van der Waals surface area contributed by atoms with Crippen molar-refractivity contribution in [3.05, 3.63) is 144 Å². The first-order valence-electron chi connectivity index (χ1n) is 34.2. The van der Waals surface area contributed by atoms with E-state index in [4.69, 9.17) is 54.1 Å². The minimum Gasteiger partial charge on any atom is -0.445 e. The van der Waals surface area contributed by atoms with Gasteiger partial charge in [0, 0.05) is 58.5 Å². The van der Waals surface area contributed by atoms with Crippen molar-refractivity contribution in [2.24, 2.45) is 23.3 Å². The predicted octanol–water partition coefficient (Wildman–Crippen LogP) is 11.9. The smallest absolute Gasteiger partial charge is 0.445 e. The summed E-state index contributed by atoms with van der Waals surface area (Å²) in [6.07, 6.45) is -3.74. The minimum atomic E-state index is -1.06. The topological polar surface area (TPSA) is 358 Å². The molecule has 0 unspecified atom stereocenters. The van der Waals surface area contributed by atoms with Gasteiger partial charge in [0.2, 0.25) is 0 Å². The molecule has 8 N–H and O–H groups in total. The summed E-state index contributed by atoms with van der Waals surface area (Å²) in [6, 6.07) is 37.0. The van der Waals surface area contributed by atoms with Crippen molar-refractivity contribution in [2.45, 2.75) is 210 Å². The lowest BCUT2D eigenvalue weighted by atomic mass is 10.1. The lowest BCUT2D eigenvalue weighted by Gasteiger charge is -2.23. The number of hydrogen-bond donors (Lipinski definition) is 6. The van der Waals surface area contributed by atoms with Crippen molar-refractivity contribution in [1.82, 2.24) is 30.2 Å². The zero-order valence-electron chi connectivity index (χ0n) is 61.7. The molecule has 28 heteroatoms. The predicted molar refractivity (Wildman–Crippen MR) is 392 cm³/mol. The molecule has 8 atom stereocenters. The summed E-state index contributed by atoms with van der Waals surface area (Å²) in [7, 11) is 0. The van der Waals surface area contributed by atoms with Crippen LogP contribution in [0.4, 0.5) is 38.4 Å². The number of carbonyl (C=O) groups excluding carboxylic acids is 8. The summed E-state index contributed by atoms with van der Waals surface area (Å²) in [5.74, 6) is 0.487. The molecule has 4 aromatic carbocycles. The number of β-amino-alcohol motifs (C(OH)–C–C–N with tert-alkyl or cyclic N) is 2. The molecule has 0 bridgehead atoms. The SMILES string of the molecule is C.C.C1CCOC1.CC(C)(C)OC(=O)N[C@H]1CN(C(=O)OCc2ccccc2)C[C@@H]1O.CC(C)(C)OC(=O)OC(=O)OC(C)(C)C.C[C@H]1CN(C(=O)OCc2ccccc2)C[C@@H]1N.C[C@H]1CN(C(=O)OCc2ccccc2)C[C@@H]1NC(=O)OC(C)(C)C.N[C@H]1CN(C(=O)OCc2ccccc2)C[C@@H]1O. The molecular weight excluding hydrogens is 1340 g/mol. The van der Waals surface area contributed by atoms with E-state index in [1.807, 2.05) is 149 Å². The van der Waals surface area contributed by atoms with Gasteiger partial charge < -0.3 is 99.3 Å². The first-order valence-corrected chi connectivity index (χ1v) is 34.2. The molecular formula is C76H118N8O20. The summed E-state index contributed by atoms with van der Waals surface area (Å²) < 4.78 is 50.1. The normalized spacial score (nSPS) is 20.1. The number of likely N-dealkylation sites (tertiary alicyclic amines) is 4. The number of rotatable bonds is 10. The van der Waals surface area contributed by atoms with Crippen LogP contribution in [0.15, 0.2) is 121 Å². The van der Waals surface area contributed by atoms with Crippen LogP contribution >= 0.6 is 0 Å². The fourth-order valence-electron chi connectivity index (χ4n) is 9.76. The average Bonchev–Trinajstić information content (AvgIpc) is 1.73. The van der Waals surface area contributed by atoms with E-state index in [1.54, 1.807) is 72.1 Å². The van der Waals surface area contributed by atoms with E-state index in [-0.39, 0.29) is 90.5 Å². The van der Waals surface area contributed by atoms with Crippen molar-refractivity contribution < 1.29 is 95.9 Å². The van der Waals surface area contributed by atoms with Gasteiger partial charge in [-0.25, -0.2) is 38.4 Å². The number of carbonyl (C=O) groups is 8. The maximum Gasteiger partial charge on any atom is 0.519 e. The van der Waals surface area contributed by atoms with Gasteiger partial charge in [0.1, 0.15) is 48.8 Å². The molecule has 582 valence electrons. The second-order valence-corrected chi connectivity index (χ2v) is 29.1. The Hall–Kier alpha value is -8.96. The van der Waals surface area contributed by atoms with Gasteiger partial charge >= 0.3 is 48.9 Å². The molecule has 5 heterocycles. The van der Waals surface area contributed by atoms with E-state index in [0.29, 0.717) is 45.2 Å². The van der Waals surface area contributed by atoms with Crippen molar-refractivity contribution in [1.29, 1.82) is 0 Å². The third kappa shape index (κ3) is 38.0. The van der Waals surface area contributed by atoms with Gasteiger partial charge in [0.05, 0.1) is 43.4 Å². The molecule has 0 saturated carbocycles. The highest BCUT2D eigenvalue weighted by molar-refractivity contribution is 5.77. The van der Waals surface area contributed by atoms with Gasteiger partial charge in [-0.15, -0.1) is 0 Å². The van der Waals surface area contributed by atoms with Crippen LogP contribution in [0.3, 0.4) is 0 Å². The molecule has 0 radical (unpaired) electrons. The van der Waals surface area contributed by atoms with Crippen LogP contribution in [0.2, 0.25) is 0 Å². The van der Waals surface area contributed by atoms with Crippen molar-refractivity contribution in [3.63, 3.8) is 0 Å². The molecule has 6 amide bonds. The maximum absolute atomic E-state index is 12.2. The van der Waals surface area contributed by atoms with E-state index in [0.717, 1.165) is 35.5 Å².